The molecule has 3 aliphatic rings. The summed E-state index contributed by atoms with van der Waals surface area (Å²) < 4.78 is 6.36. The van der Waals surface area contributed by atoms with Crippen LogP contribution in [0, 0.1) is 23.2 Å². The zero-order valence-electron chi connectivity index (χ0n) is 20.1. The second kappa shape index (κ2) is 8.54. The highest BCUT2D eigenvalue weighted by molar-refractivity contribution is 6.30. The van der Waals surface area contributed by atoms with E-state index in [-0.39, 0.29) is 41.3 Å². The lowest BCUT2D eigenvalue weighted by Gasteiger charge is -2.53. The number of amides is 2. The molecule has 0 bridgehead atoms. The fourth-order valence-corrected chi connectivity index (χ4v) is 6.49. The van der Waals surface area contributed by atoms with Gasteiger partial charge >= 0.3 is 0 Å². The number of rotatable bonds is 5. The first-order valence-electron chi connectivity index (χ1n) is 12.1. The van der Waals surface area contributed by atoms with E-state index in [1.165, 1.54) is 0 Å². The molecule has 1 aromatic carbocycles. The number of carbonyl (C=O) groups excluding carboxylic acids is 2. The first kappa shape index (κ1) is 24.5. The maximum Gasteiger partial charge on any atom is 0.228 e. The average molecular weight is 477 g/mol. The quantitative estimate of drug-likeness (QED) is 0.674. The molecule has 182 valence electrons. The number of halogens is 1. The van der Waals surface area contributed by atoms with Crippen molar-refractivity contribution in [1.29, 1.82) is 0 Å². The summed E-state index contributed by atoms with van der Waals surface area (Å²) in [7, 11) is 0. The molecule has 5 atom stereocenters. The van der Waals surface area contributed by atoms with Crippen LogP contribution in [0.25, 0.3) is 0 Å². The number of piperidine rings is 1. The summed E-state index contributed by atoms with van der Waals surface area (Å²) in [6, 6.07) is 7.35. The molecule has 1 saturated carbocycles. The Labute approximate surface area is 201 Å². The van der Waals surface area contributed by atoms with E-state index < -0.39 is 11.0 Å². The van der Waals surface area contributed by atoms with Crippen LogP contribution in [0.15, 0.2) is 24.3 Å². The second-order valence-corrected chi connectivity index (χ2v) is 11.9. The monoisotopic (exact) mass is 476 g/mol. The minimum absolute atomic E-state index is 0.0977. The molecule has 3 N–H and O–H groups in total. The van der Waals surface area contributed by atoms with Crippen LogP contribution in [-0.2, 0) is 19.9 Å². The fourth-order valence-electron chi connectivity index (χ4n) is 6.36. The van der Waals surface area contributed by atoms with Crippen LogP contribution in [-0.4, -0.2) is 46.6 Å². The number of likely N-dealkylation sites (tertiary alicyclic amines) is 1. The van der Waals surface area contributed by atoms with Gasteiger partial charge in [0.15, 0.2) is 0 Å². The average Bonchev–Trinajstić information content (AvgIpc) is 3.16. The van der Waals surface area contributed by atoms with Crippen molar-refractivity contribution in [1.82, 2.24) is 4.90 Å². The van der Waals surface area contributed by atoms with Gasteiger partial charge in [0.25, 0.3) is 0 Å². The van der Waals surface area contributed by atoms with Crippen LogP contribution < -0.4 is 5.73 Å². The van der Waals surface area contributed by atoms with Crippen LogP contribution >= 0.6 is 11.6 Å². The van der Waals surface area contributed by atoms with E-state index in [0.717, 1.165) is 24.8 Å². The van der Waals surface area contributed by atoms with Crippen LogP contribution in [0.3, 0.4) is 0 Å². The molecule has 2 heterocycles. The Morgan fingerprint density at radius 2 is 1.82 bits per heavy atom. The lowest BCUT2D eigenvalue weighted by Crippen LogP contribution is -2.61. The lowest BCUT2D eigenvalue weighted by molar-refractivity contribution is -0.230. The first-order valence-corrected chi connectivity index (χ1v) is 12.5. The molecule has 7 heteroatoms. The number of hydrogen-bond acceptors (Lipinski definition) is 4. The third kappa shape index (κ3) is 4.30. The zero-order chi connectivity index (χ0) is 24.2. The fraction of sp³-hybridized carbons (Fsp3) is 0.692. The second-order valence-electron chi connectivity index (χ2n) is 11.4. The number of nitrogens with two attached hydrogens (primary N) is 1. The SMILES string of the molecule is CC(C)[C@@H](C(=O)N1CC[C@](O)(c2ccc(Cl)cc2)C(C)(C)C1)C1CC2(CCC(C(N)=O)C2)O1. The molecule has 1 aliphatic carbocycles. The zero-order valence-corrected chi connectivity index (χ0v) is 20.9. The Kier molecular flexibility index (Phi) is 6.34. The molecule has 6 nitrogen and oxygen atoms in total. The summed E-state index contributed by atoms with van der Waals surface area (Å²) in [6.07, 6.45) is 3.41. The summed E-state index contributed by atoms with van der Waals surface area (Å²) in [4.78, 5) is 27.2. The highest BCUT2D eigenvalue weighted by Gasteiger charge is 2.56. The van der Waals surface area contributed by atoms with Crippen LogP contribution in [0.1, 0.15) is 65.4 Å². The summed E-state index contributed by atoms with van der Waals surface area (Å²) in [6.45, 7) is 9.13. The van der Waals surface area contributed by atoms with Crippen LogP contribution in [0.2, 0.25) is 5.02 Å². The van der Waals surface area contributed by atoms with Crippen molar-refractivity contribution >= 4 is 23.4 Å². The van der Waals surface area contributed by atoms with Crippen molar-refractivity contribution in [3.63, 3.8) is 0 Å². The summed E-state index contributed by atoms with van der Waals surface area (Å²) in [5.41, 5.74) is 4.48. The van der Waals surface area contributed by atoms with Gasteiger partial charge in [0.05, 0.1) is 23.2 Å². The van der Waals surface area contributed by atoms with E-state index in [1.54, 1.807) is 12.1 Å². The minimum Gasteiger partial charge on any atom is -0.384 e. The Morgan fingerprint density at radius 1 is 1.18 bits per heavy atom. The van der Waals surface area contributed by atoms with E-state index >= 15 is 0 Å². The normalized spacial score (nSPS) is 34.3. The Bertz CT molecular complexity index is 909. The third-order valence-electron chi connectivity index (χ3n) is 8.43. The van der Waals surface area contributed by atoms with Crippen molar-refractivity contribution < 1.29 is 19.4 Å². The van der Waals surface area contributed by atoms with E-state index in [2.05, 4.69) is 13.8 Å². The number of benzene rings is 1. The van der Waals surface area contributed by atoms with Crippen molar-refractivity contribution in [2.45, 2.75) is 77.1 Å². The predicted octanol–water partition coefficient (Wildman–Crippen LogP) is 3.87. The van der Waals surface area contributed by atoms with E-state index in [9.17, 15) is 14.7 Å². The van der Waals surface area contributed by atoms with Gasteiger partial charge in [-0.15, -0.1) is 0 Å². The van der Waals surface area contributed by atoms with Crippen LogP contribution in [0.4, 0.5) is 0 Å². The Morgan fingerprint density at radius 3 is 2.33 bits per heavy atom. The number of hydrogen-bond donors (Lipinski definition) is 2. The van der Waals surface area contributed by atoms with Crippen molar-refractivity contribution in [3.05, 3.63) is 34.9 Å². The Hall–Kier alpha value is -1.63. The van der Waals surface area contributed by atoms with Crippen LogP contribution in [0.5, 0.6) is 0 Å². The molecule has 4 rings (SSSR count). The molecule has 2 aliphatic heterocycles. The highest BCUT2D eigenvalue weighted by Crippen LogP contribution is 2.52. The van der Waals surface area contributed by atoms with Gasteiger partial charge in [-0.25, -0.2) is 0 Å². The summed E-state index contributed by atoms with van der Waals surface area (Å²) in [5.74, 6) is -0.374. The molecule has 2 saturated heterocycles. The molecule has 0 radical (unpaired) electrons. The van der Waals surface area contributed by atoms with Gasteiger partial charge in [0.2, 0.25) is 11.8 Å². The van der Waals surface area contributed by atoms with E-state index in [4.69, 9.17) is 22.1 Å². The minimum atomic E-state index is -1.04. The standard InChI is InChI=1S/C26H37ClN2O4/c1-16(2)21(20-14-25(33-20)10-9-17(13-25)22(28)30)23(31)29-12-11-26(32,24(3,4)15-29)18-5-7-19(27)8-6-18/h5-8,16-17,20-21,32H,9-15H2,1-4H3,(H2,28,30)/t17?,20?,21-,25?,26+/m1/s1. The molecule has 3 unspecified atom stereocenters. The topological polar surface area (TPSA) is 92.9 Å². The van der Waals surface area contributed by atoms with Crippen molar-refractivity contribution in [3.8, 4) is 0 Å². The molecular weight excluding hydrogens is 440 g/mol. The molecular formula is C26H37ClN2O4. The molecule has 33 heavy (non-hydrogen) atoms. The maximum atomic E-state index is 13.7. The molecule has 0 aromatic heterocycles. The van der Waals surface area contributed by atoms with E-state index in [0.29, 0.717) is 31.0 Å². The van der Waals surface area contributed by atoms with Gasteiger partial charge in [-0.05, 0) is 49.3 Å². The number of ether oxygens (including phenoxy) is 1. The van der Waals surface area contributed by atoms with Crippen molar-refractivity contribution in [2.24, 2.45) is 28.9 Å². The van der Waals surface area contributed by atoms with Gasteiger partial charge in [-0.2, -0.15) is 0 Å². The van der Waals surface area contributed by atoms with Gasteiger partial charge in [-0.3, -0.25) is 9.59 Å². The van der Waals surface area contributed by atoms with E-state index in [1.807, 2.05) is 30.9 Å². The first-order chi connectivity index (χ1) is 15.4. The van der Waals surface area contributed by atoms with Gasteiger partial charge in [-0.1, -0.05) is 51.4 Å². The Balaban J connectivity index is 1.45. The third-order valence-corrected chi connectivity index (χ3v) is 8.68. The predicted molar refractivity (Wildman–Crippen MR) is 127 cm³/mol. The molecule has 1 spiro atoms. The maximum absolute atomic E-state index is 13.7. The summed E-state index contributed by atoms with van der Waals surface area (Å²) in [5, 5.41) is 12.3. The number of nitrogens with zero attached hydrogens (tertiary/aromatic N) is 1. The largest absolute Gasteiger partial charge is 0.384 e. The van der Waals surface area contributed by atoms with Gasteiger partial charge in [0.1, 0.15) is 0 Å². The highest BCUT2D eigenvalue weighted by atomic mass is 35.5. The van der Waals surface area contributed by atoms with Gasteiger partial charge < -0.3 is 20.5 Å². The number of aliphatic hydroxyl groups is 1. The molecule has 2 amide bonds. The van der Waals surface area contributed by atoms with Crippen molar-refractivity contribution in [2.75, 3.05) is 13.1 Å². The van der Waals surface area contributed by atoms with Gasteiger partial charge in [0, 0.05) is 35.9 Å². The molecule has 3 fully saturated rings. The number of carbonyl (C=O) groups is 2. The summed E-state index contributed by atoms with van der Waals surface area (Å²) >= 11 is 6.04. The lowest BCUT2D eigenvalue weighted by atomic mass is 9.66. The smallest absolute Gasteiger partial charge is 0.228 e. The number of primary amides is 1. The molecule has 1 aromatic rings.